The third-order valence-corrected chi connectivity index (χ3v) is 4.18. The van der Waals surface area contributed by atoms with E-state index in [1.54, 1.807) is 0 Å². The molecule has 1 aromatic heterocycles. The lowest BCUT2D eigenvalue weighted by Gasteiger charge is -2.23. The smallest absolute Gasteiger partial charge is 0.338 e. The molecular weight excluding hydrogens is 392 g/mol. The molecule has 0 saturated heterocycles. The predicted octanol–water partition coefficient (Wildman–Crippen LogP) is 0.980. The molecule has 2 unspecified atom stereocenters. The SMILES string of the molecule is COC(=O)c1ccccc1C(NC(=O)Nc1nc(OC)cc(OC)n1)S(=O)[O-]. The minimum Gasteiger partial charge on any atom is -0.770 e. The Balaban J connectivity index is 2.26. The summed E-state index contributed by atoms with van der Waals surface area (Å²) in [6.45, 7) is 0. The summed E-state index contributed by atoms with van der Waals surface area (Å²) >= 11 is -2.79. The van der Waals surface area contributed by atoms with Crippen LogP contribution in [0.25, 0.3) is 0 Å². The maximum Gasteiger partial charge on any atom is 0.338 e. The molecule has 1 aromatic carbocycles. The summed E-state index contributed by atoms with van der Waals surface area (Å²) < 4.78 is 38.0. The number of aromatic nitrogens is 2. The molecule has 2 rings (SSSR count). The van der Waals surface area contributed by atoms with Crippen molar-refractivity contribution in [3.05, 3.63) is 41.5 Å². The van der Waals surface area contributed by atoms with Gasteiger partial charge in [-0.25, -0.2) is 9.59 Å². The number of methoxy groups -OCH3 is 3. The monoisotopic (exact) mass is 409 g/mol. The molecule has 1 heterocycles. The number of nitrogens with one attached hydrogen (secondary N) is 2. The van der Waals surface area contributed by atoms with Crippen molar-refractivity contribution in [3.63, 3.8) is 0 Å². The van der Waals surface area contributed by atoms with Gasteiger partial charge in [0.05, 0.1) is 33.0 Å². The van der Waals surface area contributed by atoms with Gasteiger partial charge in [-0.05, 0) is 17.1 Å². The highest BCUT2D eigenvalue weighted by molar-refractivity contribution is 7.79. The number of ether oxygens (including phenoxy) is 3. The molecule has 0 aliphatic rings. The van der Waals surface area contributed by atoms with Crippen LogP contribution in [-0.2, 0) is 15.8 Å². The lowest BCUT2D eigenvalue weighted by Crippen LogP contribution is -2.36. The van der Waals surface area contributed by atoms with E-state index in [0.29, 0.717) is 0 Å². The number of urea groups is 1. The van der Waals surface area contributed by atoms with Crippen LogP contribution in [0.4, 0.5) is 10.7 Å². The molecule has 2 N–H and O–H groups in total. The average molecular weight is 409 g/mol. The van der Waals surface area contributed by atoms with Crippen LogP contribution >= 0.6 is 0 Å². The van der Waals surface area contributed by atoms with E-state index in [0.717, 1.165) is 7.11 Å². The minimum absolute atomic E-state index is 0.00111. The van der Waals surface area contributed by atoms with Crippen LogP contribution in [-0.4, -0.2) is 52.1 Å². The predicted molar refractivity (Wildman–Crippen MR) is 96.7 cm³/mol. The highest BCUT2D eigenvalue weighted by atomic mass is 32.2. The Morgan fingerprint density at radius 1 is 1.11 bits per heavy atom. The number of carbonyl (C=O) groups excluding carboxylic acids is 2. The molecule has 0 fully saturated rings. The van der Waals surface area contributed by atoms with Gasteiger partial charge in [0.15, 0.2) is 0 Å². The van der Waals surface area contributed by atoms with Crippen LogP contribution in [0.1, 0.15) is 21.3 Å². The highest BCUT2D eigenvalue weighted by Gasteiger charge is 2.22. The molecule has 0 saturated carbocycles. The summed E-state index contributed by atoms with van der Waals surface area (Å²) in [5, 5.41) is 3.01. The second-order valence-corrected chi connectivity index (χ2v) is 6.09. The third kappa shape index (κ3) is 5.14. The molecule has 0 radical (unpaired) electrons. The molecule has 11 nitrogen and oxygen atoms in total. The molecule has 2 aromatic rings. The number of carbonyl (C=O) groups is 2. The standard InChI is InChI=1S/C16H18N4O7S/c1-25-11-8-12(26-2)18-15(17-11)20-16(22)19-13(28(23)24)9-6-4-5-7-10(9)14(21)27-3/h4-8,13H,1-3H3,(H,23,24)(H2,17,18,19,20,22)/p-1. The Morgan fingerprint density at radius 2 is 1.71 bits per heavy atom. The van der Waals surface area contributed by atoms with E-state index in [-0.39, 0.29) is 28.8 Å². The van der Waals surface area contributed by atoms with Gasteiger partial charge < -0.3 is 24.1 Å². The van der Waals surface area contributed by atoms with E-state index in [2.05, 4.69) is 25.3 Å². The lowest BCUT2D eigenvalue weighted by atomic mass is 10.1. The molecule has 0 aliphatic carbocycles. The Hall–Kier alpha value is -3.25. The Kier molecular flexibility index (Phi) is 7.23. The quantitative estimate of drug-likeness (QED) is 0.503. The third-order valence-electron chi connectivity index (χ3n) is 3.43. The van der Waals surface area contributed by atoms with Gasteiger partial charge in [-0.1, -0.05) is 18.2 Å². The number of rotatable bonds is 7. The molecular formula is C16H17N4O7S-. The van der Waals surface area contributed by atoms with Crippen LogP contribution < -0.4 is 20.1 Å². The van der Waals surface area contributed by atoms with E-state index < -0.39 is 28.5 Å². The zero-order valence-electron chi connectivity index (χ0n) is 15.1. The fraction of sp³-hybridized carbons (Fsp3) is 0.250. The van der Waals surface area contributed by atoms with Gasteiger partial charge in [0, 0.05) is 5.56 Å². The van der Waals surface area contributed by atoms with Gasteiger partial charge in [0.25, 0.3) is 0 Å². The number of hydrogen-bond acceptors (Lipinski definition) is 9. The van der Waals surface area contributed by atoms with E-state index in [4.69, 9.17) is 9.47 Å². The zero-order valence-corrected chi connectivity index (χ0v) is 15.9. The highest BCUT2D eigenvalue weighted by Crippen LogP contribution is 2.22. The first-order valence-corrected chi connectivity index (χ1v) is 8.83. The number of esters is 1. The topological polar surface area (TPSA) is 152 Å². The van der Waals surface area contributed by atoms with Crippen molar-refractivity contribution in [2.24, 2.45) is 0 Å². The first kappa shape index (κ1) is 21.1. The van der Waals surface area contributed by atoms with E-state index in [1.807, 2.05) is 0 Å². The van der Waals surface area contributed by atoms with Crippen molar-refractivity contribution in [1.29, 1.82) is 0 Å². The van der Waals surface area contributed by atoms with Crippen molar-refractivity contribution in [3.8, 4) is 11.8 Å². The average Bonchev–Trinajstić information content (AvgIpc) is 2.70. The van der Waals surface area contributed by atoms with Crippen LogP contribution in [0.5, 0.6) is 11.8 Å². The van der Waals surface area contributed by atoms with E-state index in [9.17, 15) is 18.4 Å². The van der Waals surface area contributed by atoms with Gasteiger partial charge in [-0.3, -0.25) is 9.53 Å². The summed E-state index contributed by atoms with van der Waals surface area (Å²) in [6.07, 6.45) is 0. The van der Waals surface area contributed by atoms with Crippen molar-refractivity contribution in [2.75, 3.05) is 26.6 Å². The van der Waals surface area contributed by atoms with Gasteiger partial charge in [-0.2, -0.15) is 9.97 Å². The second-order valence-electron chi connectivity index (χ2n) is 5.09. The summed E-state index contributed by atoms with van der Waals surface area (Å²) in [5.41, 5.74) is 0.0424. The maximum absolute atomic E-state index is 12.3. The van der Waals surface area contributed by atoms with Crippen LogP contribution in [0.2, 0.25) is 0 Å². The summed E-state index contributed by atoms with van der Waals surface area (Å²) in [6, 6.07) is 6.30. The molecule has 12 heteroatoms. The number of nitrogens with zero attached hydrogens (tertiary/aromatic N) is 2. The van der Waals surface area contributed by atoms with Crippen molar-refractivity contribution in [1.82, 2.24) is 15.3 Å². The molecule has 0 spiro atoms. The van der Waals surface area contributed by atoms with Crippen LogP contribution in [0.3, 0.4) is 0 Å². The fourth-order valence-corrected chi connectivity index (χ4v) is 2.79. The Morgan fingerprint density at radius 3 is 2.25 bits per heavy atom. The van der Waals surface area contributed by atoms with Gasteiger partial charge >= 0.3 is 12.0 Å². The summed E-state index contributed by atoms with van der Waals surface area (Å²) in [5.74, 6) is -0.663. The number of amides is 2. The summed E-state index contributed by atoms with van der Waals surface area (Å²) in [7, 11) is 3.90. The first-order chi connectivity index (χ1) is 13.4. The molecule has 150 valence electrons. The van der Waals surface area contributed by atoms with E-state index >= 15 is 0 Å². The van der Waals surface area contributed by atoms with Gasteiger partial charge in [0.2, 0.25) is 17.7 Å². The van der Waals surface area contributed by atoms with E-state index in [1.165, 1.54) is 44.6 Å². The van der Waals surface area contributed by atoms with Gasteiger partial charge in [-0.15, -0.1) is 0 Å². The summed E-state index contributed by atoms with van der Waals surface area (Å²) in [4.78, 5) is 32.0. The largest absolute Gasteiger partial charge is 0.770 e. The minimum atomic E-state index is -2.79. The number of anilines is 1. The molecule has 0 bridgehead atoms. The van der Waals surface area contributed by atoms with Crippen molar-refractivity contribution >= 4 is 29.0 Å². The zero-order chi connectivity index (χ0) is 20.7. The van der Waals surface area contributed by atoms with Crippen LogP contribution in [0, 0.1) is 0 Å². The normalized spacial score (nSPS) is 12.4. The maximum atomic E-state index is 12.3. The Bertz CT molecular complexity index is 871. The lowest BCUT2D eigenvalue weighted by molar-refractivity contribution is 0.0599. The van der Waals surface area contributed by atoms with Crippen molar-refractivity contribution < 1.29 is 32.6 Å². The number of hydrogen-bond donors (Lipinski definition) is 2. The number of benzene rings is 1. The second kappa shape index (κ2) is 9.62. The van der Waals surface area contributed by atoms with Gasteiger partial charge in [0.1, 0.15) is 5.37 Å². The van der Waals surface area contributed by atoms with Crippen molar-refractivity contribution in [2.45, 2.75) is 5.37 Å². The fourth-order valence-electron chi connectivity index (χ4n) is 2.18. The molecule has 28 heavy (non-hydrogen) atoms. The first-order valence-electron chi connectivity index (χ1n) is 7.69. The Labute approximate surface area is 162 Å². The molecule has 2 amide bonds. The van der Waals surface area contributed by atoms with Crippen LogP contribution in [0.15, 0.2) is 30.3 Å². The molecule has 0 aliphatic heterocycles. The molecule has 2 atom stereocenters.